The van der Waals surface area contributed by atoms with Crippen molar-refractivity contribution < 1.29 is 9.59 Å². The summed E-state index contributed by atoms with van der Waals surface area (Å²) in [5.74, 6) is -0.302. The molecular formula is C8H9N5O5. The smallest absolute Gasteiger partial charge is 0.312 e. The lowest BCUT2D eigenvalue weighted by Crippen LogP contribution is -2.44. The van der Waals surface area contributed by atoms with Crippen LogP contribution in [0.15, 0.2) is 26.7 Å². The Bertz CT molecular complexity index is 527. The van der Waals surface area contributed by atoms with Gasteiger partial charge < -0.3 is 5.32 Å². The second-order valence-electron chi connectivity index (χ2n) is 3.15. The van der Waals surface area contributed by atoms with Crippen molar-refractivity contribution in [2.75, 3.05) is 0 Å². The highest BCUT2D eigenvalue weighted by Crippen LogP contribution is 1.96. The third kappa shape index (κ3) is 4.30. The molecule has 2 heterocycles. The normalized spacial score (nSPS) is 14.1. The van der Waals surface area contributed by atoms with Crippen LogP contribution in [0.1, 0.15) is 6.42 Å². The van der Waals surface area contributed by atoms with E-state index in [1.807, 2.05) is 0 Å². The monoisotopic (exact) mass is 255 g/mol. The Morgan fingerprint density at radius 1 is 0.778 bits per heavy atom. The van der Waals surface area contributed by atoms with Gasteiger partial charge in [0, 0.05) is 5.70 Å². The molecule has 0 atom stereocenters. The number of urea groups is 1. The molecule has 1 saturated heterocycles. The lowest BCUT2D eigenvalue weighted by molar-refractivity contribution is -0.119. The molecule has 2 rings (SSSR count). The van der Waals surface area contributed by atoms with E-state index in [1.165, 1.54) is 0 Å². The summed E-state index contributed by atoms with van der Waals surface area (Å²) in [5, 5.41) is 4.40. The number of aromatic nitrogens is 3. The van der Waals surface area contributed by atoms with Gasteiger partial charge in [-0.2, -0.15) is 0 Å². The van der Waals surface area contributed by atoms with Crippen molar-refractivity contribution in [3.63, 3.8) is 0 Å². The first-order valence-electron chi connectivity index (χ1n) is 4.58. The molecule has 0 unspecified atom stereocenters. The Kier molecular flexibility index (Phi) is 3.97. The highest BCUT2D eigenvalue weighted by Gasteiger charge is 2.15. The summed E-state index contributed by atoms with van der Waals surface area (Å²) in [7, 11) is 0. The molecule has 10 heteroatoms. The fourth-order valence-corrected chi connectivity index (χ4v) is 1.00. The van der Waals surface area contributed by atoms with Crippen LogP contribution in [0.5, 0.6) is 0 Å². The number of aromatic amines is 3. The lowest BCUT2D eigenvalue weighted by Gasteiger charge is -2.13. The summed E-state index contributed by atoms with van der Waals surface area (Å²) in [5.41, 5.74) is -1.96. The van der Waals surface area contributed by atoms with E-state index in [9.17, 15) is 24.0 Å². The molecule has 1 aromatic rings. The van der Waals surface area contributed by atoms with E-state index >= 15 is 0 Å². The SMILES string of the molecule is C=C1CC(=O)NC(=O)N1.O=c1[nH]c(=O)[nH]c(=O)[nH]1. The second-order valence-corrected chi connectivity index (χ2v) is 3.15. The maximum Gasteiger partial charge on any atom is 0.330 e. The maximum atomic E-state index is 10.5. The van der Waals surface area contributed by atoms with Crippen molar-refractivity contribution in [2.45, 2.75) is 6.42 Å². The molecular weight excluding hydrogens is 246 g/mol. The zero-order valence-electron chi connectivity index (χ0n) is 8.96. The Labute approximate surface area is 98.1 Å². The van der Waals surface area contributed by atoms with Crippen LogP contribution >= 0.6 is 0 Å². The zero-order valence-corrected chi connectivity index (χ0v) is 8.96. The second kappa shape index (κ2) is 5.43. The van der Waals surface area contributed by atoms with Crippen molar-refractivity contribution in [1.29, 1.82) is 0 Å². The standard InChI is InChI=1S/C5H6N2O2.C3H3N3O3/c1-3-2-4(8)7-5(9)6-3;7-1-4-2(8)6-3(9)5-1/h1-2H2,(H2,6,7,8,9);(H3,4,5,6,7,8,9). The van der Waals surface area contributed by atoms with Crippen LogP contribution in [-0.4, -0.2) is 26.9 Å². The van der Waals surface area contributed by atoms with Crippen molar-refractivity contribution in [3.8, 4) is 0 Å². The molecule has 0 spiro atoms. The van der Waals surface area contributed by atoms with Gasteiger partial charge in [0.05, 0.1) is 6.42 Å². The lowest BCUT2D eigenvalue weighted by atomic mass is 10.3. The van der Waals surface area contributed by atoms with Crippen molar-refractivity contribution >= 4 is 11.9 Å². The van der Waals surface area contributed by atoms with E-state index in [4.69, 9.17) is 0 Å². The van der Waals surface area contributed by atoms with Crippen LogP contribution in [0.3, 0.4) is 0 Å². The molecule has 0 saturated carbocycles. The van der Waals surface area contributed by atoms with Gasteiger partial charge in [-0.15, -0.1) is 0 Å². The first-order valence-corrected chi connectivity index (χ1v) is 4.58. The van der Waals surface area contributed by atoms with Crippen LogP contribution in [-0.2, 0) is 4.79 Å². The molecule has 96 valence electrons. The van der Waals surface area contributed by atoms with E-state index < -0.39 is 23.1 Å². The molecule has 0 bridgehead atoms. The minimum atomic E-state index is -0.802. The van der Waals surface area contributed by atoms with Gasteiger partial charge in [0.2, 0.25) is 5.91 Å². The van der Waals surface area contributed by atoms with Crippen LogP contribution in [0.25, 0.3) is 0 Å². The van der Waals surface area contributed by atoms with Crippen LogP contribution < -0.4 is 27.7 Å². The summed E-state index contributed by atoms with van der Waals surface area (Å²) in [6.45, 7) is 3.42. The third-order valence-corrected chi connectivity index (χ3v) is 1.60. The molecule has 18 heavy (non-hydrogen) atoms. The first kappa shape index (κ1) is 13.2. The minimum Gasteiger partial charge on any atom is -0.312 e. The molecule has 1 fully saturated rings. The summed E-state index contributed by atoms with van der Waals surface area (Å²) in [6, 6.07) is -0.490. The van der Waals surface area contributed by atoms with E-state index in [1.54, 1.807) is 15.0 Å². The van der Waals surface area contributed by atoms with Crippen molar-refractivity contribution in [1.82, 2.24) is 25.6 Å². The molecule has 0 aliphatic carbocycles. The predicted molar refractivity (Wildman–Crippen MR) is 58.7 cm³/mol. The van der Waals surface area contributed by atoms with Gasteiger partial charge in [-0.3, -0.25) is 25.1 Å². The first-order chi connectivity index (χ1) is 8.36. The van der Waals surface area contributed by atoms with E-state index in [-0.39, 0.29) is 12.3 Å². The number of carbonyl (C=O) groups is 2. The summed E-state index contributed by atoms with van der Waals surface area (Å²) < 4.78 is 0. The highest BCUT2D eigenvalue weighted by molar-refractivity contribution is 5.98. The molecule has 3 amide bonds. The van der Waals surface area contributed by atoms with Gasteiger partial charge in [0.1, 0.15) is 0 Å². The number of H-pyrrole nitrogens is 3. The Balaban J connectivity index is 0.000000180. The molecule has 0 radical (unpaired) electrons. The highest BCUT2D eigenvalue weighted by atomic mass is 16.2. The summed E-state index contributed by atoms with van der Waals surface area (Å²) in [4.78, 5) is 56.7. The largest absolute Gasteiger partial charge is 0.330 e. The zero-order chi connectivity index (χ0) is 13.7. The van der Waals surface area contributed by atoms with E-state index in [0.29, 0.717) is 5.70 Å². The van der Waals surface area contributed by atoms with Gasteiger partial charge in [-0.25, -0.2) is 19.2 Å². The van der Waals surface area contributed by atoms with Crippen molar-refractivity contribution in [2.24, 2.45) is 0 Å². The molecule has 1 aliphatic heterocycles. The Hall–Kier alpha value is -2.91. The fraction of sp³-hybridized carbons (Fsp3) is 0.125. The number of hydrogen-bond donors (Lipinski definition) is 5. The van der Waals surface area contributed by atoms with Crippen LogP contribution in [0.2, 0.25) is 0 Å². The summed E-state index contributed by atoms with van der Waals surface area (Å²) in [6.07, 6.45) is 0.186. The number of amides is 3. The fourth-order valence-electron chi connectivity index (χ4n) is 1.00. The molecule has 0 aromatic carbocycles. The predicted octanol–water partition coefficient (Wildman–Crippen LogP) is -2.52. The van der Waals surface area contributed by atoms with Gasteiger partial charge >= 0.3 is 23.1 Å². The third-order valence-electron chi connectivity index (χ3n) is 1.60. The molecule has 1 aliphatic rings. The van der Waals surface area contributed by atoms with Crippen molar-refractivity contribution in [3.05, 3.63) is 43.7 Å². The number of nitrogens with one attached hydrogen (secondary N) is 5. The Morgan fingerprint density at radius 3 is 1.56 bits per heavy atom. The minimum absolute atomic E-state index is 0.186. The van der Waals surface area contributed by atoms with Gasteiger partial charge in [0.25, 0.3) is 0 Å². The average molecular weight is 255 g/mol. The maximum absolute atomic E-state index is 10.5. The molecule has 10 nitrogen and oxygen atoms in total. The topological polar surface area (TPSA) is 157 Å². The van der Waals surface area contributed by atoms with Crippen LogP contribution in [0, 0.1) is 0 Å². The average Bonchev–Trinajstić information content (AvgIpc) is 2.12. The number of hydrogen-bond acceptors (Lipinski definition) is 5. The molecule has 5 N–H and O–H groups in total. The van der Waals surface area contributed by atoms with Gasteiger partial charge in [-0.05, 0) is 0 Å². The molecule has 1 aromatic heterocycles. The number of imide groups is 1. The summed E-state index contributed by atoms with van der Waals surface area (Å²) >= 11 is 0. The Morgan fingerprint density at radius 2 is 1.22 bits per heavy atom. The van der Waals surface area contributed by atoms with Gasteiger partial charge in [0.15, 0.2) is 0 Å². The number of carbonyl (C=O) groups excluding carboxylic acids is 2. The van der Waals surface area contributed by atoms with Crippen LogP contribution in [0.4, 0.5) is 4.79 Å². The van der Waals surface area contributed by atoms with E-state index in [0.717, 1.165) is 0 Å². The quantitative estimate of drug-likeness (QED) is 0.345. The number of rotatable bonds is 0. The van der Waals surface area contributed by atoms with E-state index in [2.05, 4.69) is 17.2 Å². The van der Waals surface area contributed by atoms with Gasteiger partial charge in [-0.1, -0.05) is 6.58 Å².